The molecule has 0 bridgehead atoms. The van der Waals surface area contributed by atoms with Crippen LogP contribution in [0, 0.1) is 4.77 Å². The van der Waals surface area contributed by atoms with E-state index in [0.717, 1.165) is 10.9 Å². The molecule has 25 heavy (non-hydrogen) atoms. The van der Waals surface area contributed by atoms with Crippen LogP contribution in [0.5, 0.6) is 0 Å². The number of benzene rings is 2. The zero-order valence-electron chi connectivity index (χ0n) is 13.1. The first-order valence-electron chi connectivity index (χ1n) is 6.76. The second-order valence-electron chi connectivity index (χ2n) is 4.82. The zero-order chi connectivity index (χ0) is 17.2. The van der Waals surface area contributed by atoms with Gasteiger partial charge in [0.25, 0.3) is 0 Å². The summed E-state index contributed by atoms with van der Waals surface area (Å²) in [5.41, 5.74) is 2.17. The van der Waals surface area contributed by atoms with Crippen molar-refractivity contribution < 1.29 is 42.5 Å². The van der Waals surface area contributed by atoms with E-state index >= 15 is 0 Å². The van der Waals surface area contributed by atoms with E-state index in [9.17, 15) is 13.0 Å². The molecule has 0 amide bonds. The molecule has 0 saturated heterocycles. The summed E-state index contributed by atoms with van der Waals surface area (Å²) in [7, 11) is -4.40. The third-order valence-electron chi connectivity index (χ3n) is 3.19. The van der Waals surface area contributed by atoms with Crippen molar-refractivity contribution in [1.29, 1.82) is 0 Å². The third kappa shape index (κ3) is 4.94. The molecule has 0 radical (unpaired) electrons. The number of nitrogens with zero attached hydrogens (tertiary/aromatic N) is 2. The maximum Gasteiger partial charge on any atom is 1.00 e. The Morgan fingerprint density at radius 2 is 1.76 bits per heavy atom. The van der Waals surface area contributed by atoms with Gasteiger partial charge in [0.1, 0.15) is 16.4 Å². The molecule has 10 heteroatoms. The van der Waals surface area contributed by atoms with Crippen LogP contribution in [-0.2, 0) is 10.1 Å². The molecular formula is C15H11N4NaO3S2. The van der Waals surface area contributed by atoms with Crippen molar-refractivity contribution in [1.82, 2.24) is 19.9 Å². The van der Waals surface area contributed by atoms with Gasteiger partial charge in [-0.15, -0.1) is 0 Å². The van der Waals surface area contributed by atoms with Crippen LogP contribution in [0.2, 0.25) is 0 Å². The van der Waals surface area contributed by atoms with Crippen LogP contribution in [0.25, 0.3) is 21.9 Å². The van der Waals surface area contributed by atoms with Gasteiger partial charge >= 0.3 is 29.6 Å². The van der Waals surface area contributed by atoms with Crippen molar-refractivity contribution in [2.75, 3.05) is 0 Å². The van der Waals surface area contributed by atoms with Crippen molar-refractivity contribution in [2.45, 2.75) is 4.90 Å². The van der Waals surface area contributed by atoms with Crippen LogP contribution in [0.4, 0.5) is 0 Å². The van der Waals surface area contributed by atoms with E-state index in [1.165, 1.54) is 18.2 Å². The van der Waals surface area contributed by atoms with E-state index in [0.29, 0.717) is 15.8 Å². The number of rotatable bonds is 1. The number of nitrogens with one attached hydrogen (secondary N) is 2. The molecule has 0 aliphatic rings. The molecule has 0 atom stereocenters. The summed E-state index contributed by atoms with van der Waals surface area (Å²) in [4.78, 5) is 13.2. The Bertz CT molecular complexity index is 1110. The molecule has 4 aromatic rings. The molecule has 0 saturated carbocycles. The average molecular weight is 382 g/mol. The molecule has 7 nitrogen and oxygen atoms in total. The Labute approximate surface area is 170 Å². The van der Waals surface area contributed by atoms with Crippen LogP contribution in [0.15, 0.2) is 59.9 Å². The molecule has 0 aliphatic heterocycles. The number of hydrogen-bond acceptors (Lipinski definition) is 6. The Morgan fingerprint density at radius 1 is 1.04 bits per heavy atom. The maximum absolute atomic E-state index is 10.7. The first-order valence-corrected chi connectivity index (χ1v) is 8.58. The standard InChI is InChI=1S/C8H6N2.C7H6N2O3S2.Na/c1-2-4-8-7(3-1)5-9-6-10-8;10-14(11,12)4-1-2-5-6(3-4)9-7(13)8-5;/h1-6H;1-3H,(H2,8,9,13)(H,10,11,12);/q;;+1/p-1. The third-order valence-corrected chi connectivity index (χ3v) is 4.23. The number of aromatic nitrogens is 4. The van der Waals surface area contributed by atoms with E-state index in [-0.39, 0.29) is 34.5 Å². The van der Waals surface area contributed by atoms with Crippen LogP contribution in [0.3, 0.4) is 0 Å². The van der Waals surface area contributed by atoms with Crippen LogP contribution >= 0.6 is 12.2 Å². The Kier molecular flexibility index (Phi) is 6.44. The molecule has 0 aliphatic carbocycles. The fraction of sp³-hybridized carbons (Fsp3) is 0. The van der Waals surface area contributed by atoms with Crippen molar-refractivity contribution in [2.24, 2.45) is 0 Å². The predicted molar refractivity (Wildman–Crippen MR) is 91.0 cm³/mol. The number of hydrogen-bond donors (Lipinski definition) is 2. The predicted octanol–water partition coefficient (Wildman–Crippen LogP) is -0.237. The summed E-state index contributed by atoms with van der Waals surface area (Å²) in [5, 5.41) is 1.09. The molecule has 0 fully saturated rings. The molecule has 0 spiro atoms. The number of H-pyrrole nitrogens is 2. The zero-order valence-corrected chi connectivity index (χ0v) is 16.8. The summed E-state index contributed by atoms with van der Waals surface area (Å²) in [5.74, 6) is 0. The van der Waals surface area contributed by atoms with Gasteiger partial charge in [-0.2, -0.15) is 0 Å². The molecule has 2 N–H and O–H groups in total. The van der Waals surface area contributed by atoms with Gasteiger partial charge in [0.2, 0.25) is 0 Å². The van der Waals surface area contributed by atoms with Gasteiger partial charge in [-0.05, 0) is 36.5 Å². The van der Waals surface area contributed by atoms with Gasteiger partial charge in [0.05, 0.1) is 21.4 Å². The minimum absolute atomic E-state index is 0. The smallest absolute Gasteiger partial charge is 0.744 e. The van der Waals surface area contributed by atoms with E-state index in [1.54, 1.807) is 6.33 Å². The molecule has 122 valence electrons. The number of aromatic amines is 2. The quantitative estimate of drug-likeness (QED) is 0.267. The van der Waals surface area contributed by atoms with Gasteiger partial charge < -0.3 is 14.5 Å². The second-order valence-corrected chi connectivity index (χ2v) is 6.61. The average Bonchev–Trinajstić information content (AvgIpc) is 2.94. The van der Waals surface area contributed by atoms with Gasteiger partial charge in [-0.25, -0.2) is 18.4 Å². The minimum Gasteiger partial charge on any atom is -0.744 e. The van der Waals surface area contributed by atoms with Crippen molar-refractivity contribution in [3.05, 3.63) is 59.8 Å². The van der Waals surface area contributed by atoms with E-state index < -0.39 is 10.1 Å². The molecule has 2 aromatic heterocycles. The topological polar surface area (TPSA) is 115 Å². The van der Waals surface area contributed by atoms with Crippen LogP contribution in [-0.4, -0.2) is 32.9 Å². The summed E-state index contributed by atoms with van der Waals surface area (Å²) in [6.45, 7) is 0. The molecule has 2 heterocycles. The number of fused-ring (bicyclic) bond motifs is 2. The monoisotopic (exact) mass is 382 g/mol. The van der Waals surface area contributed by atoms with Crippen molar-refractivity contribution in [3.8, 4) is 0 Å². The number of para-hydroxylation sites is 1. The maximum atomic E-state index is 10.7. The van der Waals surface area contributed by atoms with Crippen LogP contribution < -0.4 is 29.6 Å². The normalized spacial score (nSPS) is 10.8. The summed E-state index contributed by atoms with van der Waals surface area (Å²) in [6.07, 6.45) is 3.37. The Hall–Kier alpha value is -1.62. The Balaban J connectivity index is 0.000000182. The first-order chi connectivity index (χ1) is 11.4. The fourth-order valence-corrected chi connectivity index (χ4v) is 2.81. The van der Waals surface area contributed by atoms with E-state index in [4.69, 9.17) is 12.2 Å². The van der Waals surface area contributed by atoms with E-state index in [1.807, 2.05) is 30.5 Å². The van der Waals surface area contributed by atoms with Crippen molar-refractivity contribution >= 4 is 44.3 Å². The van der Waals surface area contributed by atoms with Gasteiger partial charge in [0, 0.05) is 11.6 Å². The van der Waals surface area contributed by atoms with Gasteiger partial charge in [-0.1, -0.05) is 18.2 Å². The minimum atomic E-state index is -4.40. The largest absolute Gasteiger partial charge is 1.00 e. The summed E-state index contributed by atoms with van der Waals surface area (Å²) < 4.78 is 32.4. The molecular weight excluding hydrogens is 371 g/mol. The van der Waals surface area contributed by atoms with Gasteiger partial charge in [0.15, 0.2) is 4.77 Å². The number of imidazole rings is 1. The first kappa shape index (κ1) is 19.7. The molecule has 0 unspecified atom stereocenters. The fourth-order valence-electron chi connectivity index (χ4n) is 2.09. The Morgan fingerprint density at radius 3 is 2.48 bits per heavy atom. The van der Waals surface area contributed by atoms with Gasteiger partial charge in [-0.3, -0.25) is 0 Å². The SMILES string of the molecule is O=S(=O)([O-])c1ccc2[nH]c(=S)[nH]c2c1.[Na+].c1ccc2ncncc2c1. The van der Waals surface area contributed by atoms with E-state index in [2.05, 4.69) is 19.9 Å². The van der Waals surface area contributed by atoms with Crippen LogP contribution in [0.1, 0.15) is 0 Å². The summed E-state index contributed by atoms with van der Waals surface area (Å²) in [6, 6.07) is 11.9. The second kappa shape index (κ2) is 8.17. The summed E-state index contributed by atoms with van der Waals surface area (Å²) >= 11 is 4.81. The molecule has 4 rings (SSSR count). The molecule has 2 aromatic carbocycles. The van der Waals surface area contributed by atoms with Crippen molar-refractivity contribution in [3.63, 3.8) is 0 Å².